The maximum absolute atomic E-state index is 5.98. The van der Waals surface area contributed by atoms with Crippen molar-refractivity contribution < 1.29 is 0 Å². The lowest BCUT2D eigenvalue weighted by Crippen LogP contribution is -2.21. The first-order valence-electron chi connectivity index (χ1n) is 5.53. The van der Waals surface area contributed by atoms with Crippen LogP contribution in [-0.4, -0.2) is 17.6 Å². The van der Waals surface area contributed by atoms with Gasteiger partial charge in [-0.05, 0) is 38.1 Å². The van der Waals surface area contributed by atoms with Gasteiger partial charge in [0, 0.05) is 17.0 Å². The summed E-state index contributed by atoms with van der Waals surface area (Å²) < 4.78 is 1.20. The van der Waals surface area contributed by atoms with Gasteiger partial charge in [-0.3, -0.25) is 0 Å². The summed E-state index contributed by atoms with van der Waals surface area (Å²) in [5.74, 6) is 0.566. The number of rotatable bonds is 1. The molecule has 1 aliphatic heterocycles. The molecule has 1 aromatic carbocycles. The molecule has 16 heavy (non-hydrogen) atoms. The molecular weight excluding hydrogens is 240 g/mol. The predicted octanol–water partition coefficient (Wildman–Crippen LogP) is 3.42. The summed E-state index contributed by atoms with van der Waals surface area (Å²) in [6.07, 6.45) is 1.19. The zero-order valence-corrected chi connectivity index (χ0v) is 10.6. The van der Waals surface area contributed by atoms with Crippen LogP contribution in [0.1, 0.15) is 24.3 Å². The normalized spacial score (nSPS) is 25.4. The van der Waals surface area contributed by atoms with Crippen LogP contribution in [0.15, 0.2) is 18.2 Å². The summed E-state index contributed by atoms with van der Waals surface area (Å²) in [6, 6.07) is 6.45. The molecule has 0 spiro atoms. The van der Waals surface area contributed by atoms with E-state index in [-0.39, 0.29) is 0 Å². The first kappa shape index (κ1) is 10.5. The Balaban J connectivity index is 2.04. The Morgan fingerprint density at radius 2 is 2.38 bits per heavy atom. The van der Waals surface area contributed by atoms with Crippen molar-refractivity contribution in [3.05, 3.63) is 28.2 Å². The third-order valence-corrected chi connectivity index (χ3v) is 4.59. The van der Waals surface area contributed by atoms with E-state index in [2.05, 4.69) is 12.2 Å². The highest BCUT2D eigenvalue weighted by Gasteiger charge is 2.27. The van der Waals surface area contributed by atoms with Crippen molar-refractivity contribution in [3.63, 3.8) is 0 Å². The van der Waals surface area contributed by atoms with Gasteiger partial charge in [0.25, 0.3) is 0 Å². The Morgan fingerprint density at radius 1 is 1.50 bits per heavy atom. The molecule has 2 unspecified atom stereocenters. The zero-order chi connectivity index (χ0) is 11.1. The number of nitrogens with zero attached hydrogens (tertiary/aromatic N) is 1. The van der Waals surface area contributed by atoms with Gasteiger partial charge in [-0.25, -0.2) is 4.98 Å². The molecule has 1 aliphatic rings. The summed E-state index contributed by atoms with van der Waals surface area (Å²) in [5, 5.41) is 5.50. The lowest BCUT2D eigenvalue weighted by molar-refractivity contribution is 0.593. The Kier molecular flexibility index (Phi) is 2.62. The van der Waals surface area contributed by atoms with Gasteiger partial charge in [-0.15, -0.1) is 11.3 Å². The highest BCUT2D eigenvalue weighted by atomic mass is 35.5. The molecule has 2 heterocycles. The van der Waals surface area contributed by atoms with E-state index in [0.717, 1.165) is 17.1 Å². The molecule has 1 saturated heterocycles. The van der Waals surface area contributed by atoms with Gasteiger partial charge in [0.1, 0.15) is 0 Å². The van der Waals surface area contributed by atoms with Gasteiger partial charge in [0.05, 0.1) is 15.2 Å². The maximum atomic E-state index is 5.98. The zero-order valence-electron chi connectivity index (χ0n) is 9.03. The summed E-state index contributed by atoms with van der Waals surface area (Å²) in [4.78, 5) is 4.71. The average Bonchev–Trinajstić information content (AvgIpc) is 2.82. The maximum Gasteiger partial charge on any atom is 0.0985 e. The van der Waals surface area contributed by atoms with Gasteiger partial charge in [0.2, 0.25) is 0 Å². The van der Waals surface area contributed by atoms with E-state index in [9.17, 15) is 0 Å². The smallest absolute Gasteiger partial charge is 0.0985 e. The van der Waals surface area contributed by atoms with Crippen LogP contribution in [0.4, 0.5) is 0 Å². The average molecular weight is 253 g/mol. The predicted molar refractivity (Wildman–Crippen MR) is 69.5 cm³/mol. The monoisotopic (exact) mass is 252 g/mol. The van der Waals surface area contributed by atoms with E-state index in [4.69, 9.17) is 16.6 Å². The molecule has 0 amide bonds. The summed E-state index contributed by atoms with van der Waals surface area (Å²) in [7, 11) is 0. The van der Waals surface area contributed by atoms with Crippen LogP contribution in [0.5, 0.6) is 0 Å². The van der Waals surface area contributed by atoms with Gasteiger partial charge >= 0.3 is 0 Å². The van der Waals surface area contributed by atoms with Crippen molar-refractivity contribution in [2.24, 2.45) is 0 Å². The number of nitrogens with one attached hydrogen (secondary N) is 1. The van der Waals surface area contributed by atoms with E-state index in [1.54, 1.807) is 11.3 Å². The van der Waals surface area contributed by atoms with Crippen molar-refractivity contribution in [3.8, 4) is 0 Å². The molecular formula is C12H13ClN2S. The van der Waals surface area contributed by atoms with Crippen LogP contribution in [0.3, 0.4) is 0 Å². The topological polar surface area (TPSA) is 24.9 Å². The molecule has 2 nitrogen and oxygen atoms in total. The molecule has 0 bridgehead atoms. The van der Waals surface area contributed by atoms with Crippen LogP contribution < -0.4 is 5.32 Å². The highest BCUT2D eigenvalue weighted by molar-refractivity contribution is 7.18. The van der Waals surface area contributed by atoms with E-state index in [0.29, 0.717) is 12.0 Å². The fourth-order valence-corrected chi connectivity index (χ4v) is 3.75. The van der Waals surface area contributed by atoms with Crippen LogP contribution in [0.2, 0.25) is 5.02 Å². The molecule has 1 fully saturated rings. The second-order valence-electron chi connectivity index (χ2n) is 4.30. The van der Waals surface area contributed by atoms with E-state index in [1.165, 1.54) is 16.1 Å². The van der Waals surface area contributed by atoms with Gasteiger partial charge in [-0.1, -0.05) is 11.6 Å². The molecule has 1 aromatic heterocycles. The molecule has 84 valence electrons. The first-order valence-corrected chi connectivity index (χ1v) is 6.73. The number of fused-ring (bicyclic) bond motifs is 1. The van der Waals surface area contributed by atoms with Crippen molar-refractivity contribution in [1.82, 2.24) is 10.3 Å². The lowest BCUT2D eigenvalue weighted by Gasteiger charge is -2.10. The molecule has 0 saturated carbocycles. The number of hydrogen-bond donors (Lipinski definition) is 1. The van der Waals surface area contributed by atoms with Crippen LogP contribution in [0.25, 0.3) is 10.2 Å². The van der Waals surface area contributed by atoms with E-state index < -0.39 is 0 Å². The second-order valence-corrected chi connectivity index (χ2v) is 5.80. The van der Waals surface area contributed by atoms with Gasteiger partial charge in [0.15, 0.2) is 0 Å². The standard InChI is InChI=1S/C12H13ClN2S/c1-7-9(4-5-14-7)12-15-10-3-2-8(13)6-11(10)16-12/h2-3,6-7,9,14H,4-5H2,1H3. The Bertz CT molecular complexity index is 523. The van der Waals surface area contributed by atoms with Crippen LogP contribution in [-0.2, 0) is 0 Å². The van der Waals surface area contributed by atoms with Crippen molar-refractivity contribution in [1.29, 1.82) is 0 Å². The Hall–Kier alpha value is -0.640. The SMILES string of the molecule is CC1NCCC1c1nc2ccc(Cl)cc2s1. The van der Waals surface area contributed by atoms with Crippen LogP contribution >= 0.6 is 22.9 Å². The Labute approximate surface area is 104 Å². The number of hydrogen-bond acceptors (Lipinski definition) is 3. The molecule has 0 aliphatic carbocycles. The molecule has 2 atom stereocenters. The second kappa shape index (κ2) is 3.99. The number of aromatic nitrogens is 1. The van der Waals surface area contributed by atoms with Crippen molar-refractivity contribution in [2.75, 3.05) is 6.54 Å². The fraction of sp³-hybridized carbons (Fsp3) is 0.417. The number of halogens is 1. The van der Waals surface area contributed by atoms with Gasteiger partial charge < -0.3 is 5.32 Å². The summed E-state index contributed by atoms with van der Waals surface area (Å²) in [5.41, 5.74) is 1.07. The third-order valence-electron chi connectivity index (χ3n) is 3.21. The lowest BCUT2D eigenvalue weighted by atomic mass is 10.0. The van der Waals surface area contributed by atoms with Gasteiger partial charge in [-0.2, -0.15) is 0 Å². The molecule has 0 radical (unpaired) electrons. The Morgan fingerprint density at radius 3 is 3.12 bits per heavy atom. The minimum Gasteiger partial charge on any atom is -0.314 e. The number of thiazole rings is 1. The molecule has 3 rings (SSSR count). The molecule has 2 aromatic rings. The number of benzene rings is 1. The fourth-order valence-electron chi connectivity index (χ4n) is 2.27. The van der Waals surface area contributed by atoms with Crippen molar-refractivity contribution >= 4 is 33.2 Å². The summed E-state index contributed by atoms with van der Waals surface area (Å²) >= 11 is 7.76. The van der Waals surface area contributed by atoms with E-state index in [1.807, 2.05) is 18.2 Å². The molecule has 1 N–H and O–H groups in total. The summed E-state index contributed by atoms with van der Waals surface area (Å²) in [6.45, 7) is 3.33. The third kappa shape index (κ3) is 1.73. The van der Waals surface area contributed by atoms with E-state index >= 15 is 0 Å². The molecule has 4 heteroatoms. The van der Waals surface area contributed by atoms with Crippen LogP contribution in [0, 0.1) is 0 Å². The minimum atomic E-state index is 0.538. The van der Waals surface area contributed by atoms with Crippen molar-refractivity contribution in [2.45, 2.75) is 25.3 Å². The largest absolute Gasteiger partial charge is 0.314 e. The highest BCUT2D eigenvalue weighted by Crippen LogP contribution is 2.34. The quantitative estimate of drug-likeness (QED) is 0.841. The first-order chi connectivity index (χ1) is 7.74. The minimum absolute atomic E-state index is 0.538.